The molecule has 3 aromatic rings. The number of benzene rings is 2. The summed E-state index contributed by atoms with van der Waals surface area (Å²) in [5.74, 6) is 2.52. The lowest BCUT2D eigenvalue weighted by molar-refractivity contribution is -0.119. The Bertz CT molecular complexity index is 1120. The van der Waals surface area contributed by atoms with Crippen LogP contribution >= 0.6 is 23.4 Å². The van der Waals surface area contributed by atoms with E-state index in [1.807, 2.05) is 36.4 Å². The Morgan fingerprint density at radius 3 is 2.29 bits per heavy atom. The van der Waals surface area contributed by atoms with Crippen LogP contribution in [0.3, 0.4) is 0 Å². The van der Waals surface area contributed by atoms with Gasteiger partial charge in [0.05, 0.1) is 32.8 Å². The summed E-state index contributed by atoms with van der Waals surface area (Å²) in [4.78, 5) is 20.8. The number of carbonyl (C=O) groups excluding carboxylic acids is 1. The molecule has 0 saturated heterocycles. The van der Waals surface area contributed by atoms with Gasteiger partial charge in [-0.25, -0.2) is 4.98 Å². The number of ether oxygens (including phenoxy) is 3. The molecule has 0 bridgehead atoms. The first-order valence-electron chi connectivity index (χ1n) is 11.1. The lowest BCUT2D eigenvalue weighted by Gasteiger charge is -2.13. The number of methoxy groups -OCH3 is 3. The van der Waals surface area contributed by atoms with Crippen molar-refractivity contribution >= 4 is 29.3 Å². The lowest BCUT2D eigenvalue weighted by Crippen LogP contribution is -2.33. The fourth-order valence-electron chi connectivity index (χ4n) is 4.10. The Kier molecular flexibility index (Phi) is 7.90. The summed E-state index contributed by atoms with van der Waals surface area (Å²) in [7, 11) is 4.72. The topological polar surface area (TPSA) is 85.5 Å². The van der Waals surface area contributed by atoms with Crippen LogP contribution in [0.25, 0.3) is 22.6 Å². The molecule has 2 aromatic carbocycles. The van der Waals surface area contributed by atoms with Crippen molar-refractivity contribution < 1.29 is 19.0 Å². The van der Waals surface area contributed by atoms with E-state index in [0.717, 1.165) is 34.7 Å². The van der Waals surface area contributed by atoms with Crippen LogP contribution in [0.4, 0.5) is 0 Å². The van der Waals surface area contributed by atoms with Gasteiger partial charge in [0.15, 0.2) is 11.5 Å². The Balaban J connectivity index is 1.66. The Hall–Kier alpha value is -2.84. The highest BCUT2D eigenvalue weighted by Crippen LogP contribution is 2.42. The number of hydrogen-bond donors (Lipinski definition) is 2. The summed E-state index contributed by atoms with van der Waals surface area (Å²) in [6.07, 6.45) is 4.47. The molecular formula is C25H28ClN3O4S. The van der Waals surface area contributed by atoms with Gasteiger partial charge in [-0.1, -0.05) is 48.3 Å². The van der Waals surface area contributed by atoms with E-state index < -0.39 is 0 Å². The molecule has 1 aliphatic rings. The highest BCUT2D eigenvalue weighted by molar-refractivity contribution is 8.00. The molecular weight excluding hydrogens is 474 g/mol. The SMILES string of the molecule is COc1cc(-c2nc(SCC(=O)NC3CCCC3)c(-c3ccc(Cl)cc3)[nH]2)cc(OC)c1OC. The minimum atomic E-state index is 0.0243. The van der Waals surface area contributed by atoms with Gasteiger partial charge >= 0.3 is 0 Å². The van der Waals surface area contributed by atoms with Gasteiger partial charge in [0.2, 0.25) is 11.7 Å². The first-order chi connectivity index (χ1) is 16.5. The second-order valence-corrected chi connectivity index (χ2v) is 9.42. The number of nitrogens with zero attached hydrogens (tertiary/aromatic N) is 1. The Morgan fingerprint density at radius 2 is 1.71 bits per heavy atom. The Morgan fingerprint density at radius 1 is 1.06 bits per heavy atom. The molecule has 1 saturated carbocycles. The van der Waals surface area contributed by atoms with Crippen molar-refractivity contribution in [3.63, 3.8) is 0 Å². The van der Waals surface area contributed by atoms with Crippen LogP contribution in [-0.4, -0.2) is 49.0 Å². The second kappa shape index (κ2) is 11.1. The van der Waals surface area contributed by atoms with Crippen LogP contribution in [0, 0.1) is 0 Å². The molecule has 0 unspecified atom stereocenters. The van der Waals surface area contributed by atoms with Crippen molar-refractivity contribution in [2.75, 3.05) is 27.1 Å². The van der Waals surface area contributed by atoms with Gasteiger partial charge in [-0.2, -0.15) is 0 Å². The van der Waals surface area contributed by atoms with Gasteiger partial charge < -0.3 is 24.5 Å². The number of aromatic nitrogens is 2. The third kappa shape index (κ3) is 5.45. The fourth-order valence-corrected chi connectivity index (χ4v) is 5.05. The van der Waals surface area contributed by atoms with Crippen molar-refractivity contribution in [1.29, 1.82) is 0 Å². The molecule has 0 atom stereocenters. The summed E-state index contributed by atoms with van der Waals surface area (Å²) in [6.45, 7) is 0. The minimum absolute atomic E-state index is 0.0243. The molecule has 0 spiro atoms. The molecule has 0 radical (unpaired) electrons. The van der Waals surface area contributed by atoms with Crippen molar-refractivity contribution in [3.05, 3.63) is 41.4 Å². The number of aromatic amines is 1. The summed E-state index contributed by atoms with van der Waals surface area (Å²) in [5, 5.41) is 4.52. The molecule has 2 N–H and O–H groups in total. The van der Waals surface area contributed by atoms with E-state index >= 15 is 0 Å². The number of rotatable bonds is 9. The van der Waals surface area contributed by atoms with E-state index in [0.29, 0.717) is 28.1 Å². The number of thioether (sulfide) groups is 1. The predicted molar refractivity (Wildman–Crippen MR) is 135 cm³/mol. The van der Waals surface area contributed by atoms with Gasteiger partial charge in [0, 0.05) is 22.2 Å². The standard InChI is InChI=1S/C25H28ClN3O4S/c1-31-19-12-16(13-20(32-2)23(19)33-3)24-28-22(15-8-10-17(26)11-9-15)25(29-24)34-14-21(30)27-18-6-4-5-7-18/h8-13,18H,4-7,14H2,1-3H3,(H,27,30)(H,28,29). The molecule has 1 heterocycles. The van der Waals surface area contributed by atoms with E-state index in [9.17, 15) is 4.79 Å². The van der Waals surface area contributed by atoms with Gasteiger partial charge in [-0.15, -0.1) is 0 Å². The lowest BCUT2D eigenvalue weighted by atomic mass is 10.1. The third-order valence-electron chi connectivity index (χ3n) is 5.80. The second-order valence-electron chi connectivity index (χ2n) is 8.02. The van der Waals surface area contributed by atoms with E-state index in [1.165, 1.54) is 24.6 Å². The number of imidazole rings is 1. The molecule has 1 aliphatic carbocycles. The normalized spacial score (nSPS) is 13.6. The maximum atomic E-state index is 12.5. The van der Waals surface area contributed by atoms with Crippen LogP contribution < -0.4 is 19.5 Å². The Labute approximate surface area is 208 Å². The zero-order valence-electron chi connectivity index (χ0n) is 19.4. The largest absolute Gasteiger partial charge is 0.493 e. The first kappa shape index (κ1) is 24.3. The summed E-state index contributed by atoms with van der Waals surface area (Å²) in [6, 6.07) is 11.5. The summed E-state index contributed by atoms with van der Waals surface area (Å²) >= 11 is 7.50. The van der Waals surface area contributed by atoms with E-state index in [-0.39, 0.29) is 17.7 Å². The number of hydrogen-bond acceptors (Lipinski definition) is 6. The van der Waals surface area contributed by atoms with Gasteiger partial charge in [-0.05, 0) is 37.1 Å². The number of H-pyrrole nitrogens is 1. The molecule has 1 amide bonds. The van der Waals surface area contributed by atoms with Crippen molar-refractivity contribution in [2.24, 2.45) is 0 Å². The zero-order valence-corrected chi connectivity index (χ0v) is 21.0. The summed E-state index contributed by atoms with van der Waals surface area (Å²) in [5.41, 5.74) is 2.51. The molecule has 7 nitrogen and oxygen atoms in total. The number of halogens is 1. The molecule has 4 rings (SSSR count). The van der Waals surface area contributed by atoms with Crippen molar-refractivity contribution in [2.45, 2.75) is 36.8 Å². The molecule has 1 aromatic heterocycles. The van der Waals surface area contributed by atoms with E-state index in [2.05, 4.69) is 10.3 Å². The van der Waals surface area contributed by atoms with Gasteiger partial charge in [0.1, 0.15) is 10.9 Å². The highest BCUT2D eigenvalue weighted by atomic mass is 35.5. The third-order valence-corrected chi connectivity index (χ3v) is 7.03. The molecule has 1 fully saturated rings. The van der Waals surface area contributed by atoms with Crippen molar-refractivity contribution in [3.8, 4) is 39.9 Å². The highest BCUT2D eigenvalue weighted by Gasteiger charge is 2.21. The number of amides is 1. The number of carbonyl (C=O) groups is 1. The minimum Gasteiger partial charge on any atom is -0.493 e. The predicted octanol–water partition coefficient (Wildman–Crippen LogP) is 5.57. The average Bonchev–Trinajstić information content (AvgIpc) is 3.52. The number of nitrogens with one attached hydrogen (secondary N) is 2. The quantitative estimate of drug-likeness (QED) is 0.372. The van der Waals surface area contributed by atoms with E-state index in [1.54, 1.807) is 21.3 Å². The van der Waals surface area contributed by atoms with Crippen LogP contribution in [0.5, 0.6) is 17.2 Å². The van der Waals surface area contributed by atoms with Gasteiger partial charge in [0.25, 0.3) is 0 Å². The van der Waals surface area contributed by atoms with Crippen LogP contribution in [0.15, 0.2) is 41.4 Å². The molecule has 34 heavy (non-hydrogen) atoms. The monoisotopic (exact) mass is 501 g/mol. The first-order valence-corrected chi connectivity index (χ1v) is 12.5. The van der Waals surface area contributed by atoms with Crippen LogP contribution in [-0.2, 0) is 4.79 Å². The fraction of sp³-hybridized carbons (Fsp3) is 0.360. The van der Waals surface area contributed by atoms with E-state index in [4.69, 9.17) is 30.8 Å². The van der Waals surface area contributed by atoms with Crippen LogP contribution in [0.1, 0.15) is 25.7 Å². The maximum absolute atomic E-state index is 12.5. The smallest absolute Gasteiger partial charge is 0.230 e. The van der Waals surface area contributed by atoms with Gasteiger partial charge in [-0.3, -0.25) is 4.79 Å². The van der Waals surface area contributed by atoms with Crippen LogP contribution in [0.2, 0.25) is 5.02 Å². The van der Waals surface area contributed by atoms with Crippen molar-refractivity contribution in [1.82, 2.24) is 15.3 Å². The molecule has 180 valence electrons. The molecule has 0 aliphatic heterocycles. The maximum Gasteiger partial charge on any atom is 0.230 e. The zero-order chi connectivity index (χ0) is 24.1. The molecule has 9 heteroatoms. The summed E-state index contributed by atoms with van der Waals surface area (Å²) < 4.78 is 16.4. The average molecular weight is 502 g/mol.